The Morgan fingerprint density at radius 3 is 3.15 bits per heavy atom. The van der Waals surface area contributed by atoms with Crippen LogP contribution in [0.15, 0.2) is 41.3 Å². The van der Waals surface area contributed by atoms with E-state index >= 15 is 0 Å². The van der Waals surface area contributed by atoms with E-state index in [0.29, 0.717) is 0 Å². The van der Waals surface area contributed by atoms with Crippen LogP contribution in [0.25, 0.3) is 6.08 Å². The van der Waals surface area contributed by atoms with Gasteiger partial charge in [0, 0.05) is 11.1 Å². The molecule has 1 unspecified atom stereocenters. The van der Waals surface area contributed by atoms with Gasteiger partial charge in [-0.25, -0.2) is 0 Å². The van der Waals surface area contributed by atoms with Gasteiger partial charge in [0.25, 0.3) is 0 Å². The molecule has 0 fully saturated rings. The van der Waals surface area contributed by atoms with Crippen LogP contribution in [0.5, 0.6) is 5.75 Å². The highest BCUT2D eigenvalue weighted by atomic mass is 32.2. The zero-order valence-electron chi connectivity index (χ0n) is 6.94. The van der Waals surface area contributed by atoms with Crippen molar-refractivity contribution < 1.29 is 4.74 Å². The molecule has 3 rings (SSSR count). The van der Waals surface area contributed by atoms with E-state index in [4.69, 9.17) is 4.74 Å². The fraction of sp³-hybridized carbons (Fsp3) is 0.0909. The van der Waals surface area contributed by atoms with Gasteiger partial charge in [0.15, 0.2) is 5.44 Å². The largest absolute Gasteiger partial charge is 0.474 e. The molecular formula is C11H8OS. The van der Waals surface area contributed by atoms with Gasteiger partial charge in [0.05, 0.1) is 0 Å². The lowest BCUT2D eigenvalue weighted by Gasteiger charge is -2.20. The first-order valence-corrected chi connectivity index (χ1v) is 5.17. The second-order valence-corrected chi connectivity index (χ2v) is 4.04. The molecule has 0 saturated carbocycles. The van der Waals surface area contributed by atoms with Crippen LogP contribution in [-0.4, -0.2) is 5.44 Å². The average molecular weight is 188 g/mol. The molecule has 0 aromatic heterocycles. The Morgan fingerprint density at radius 1 is 1.23 bits per heavy atom. The van der Waals surface area contributed by atoms with Crippen molar-refractivity contribution in [1.29, 1.82) is 0 Å². The monoisotopic (exact) mass is 188 g/mol. The minimum Gasteiger partial charge on any atom is -0.474 e. The second-order valence-electron chi connectivity index (χ2n) is 3.07. The van der Waals surface area contributed by atoms with Crippen molar-refractivity contribution in [2.24, 2.45) is 0 Å². The van der Waals surface area contributed by atoms with Crippen molar-refractivity contribution in [3.05, 3.63) is 46.9 Å². The van der Waals surface area contributed by atoms with E-state index in [2.05, 4.69) is 23.6 Å². The summed E-state index contributed by atoms with van der Waals surface area (Å²) < 4.78 is 5.79. The van der Waals surface area contributed by atoms with E-state index in [-0.39, 0.29) is 5.44 Å². The lowest BCUT2D eigenvalue weighted by molar-refractivity contribution is 0.322. The van der Waals surface area contributed by atoms with Crippen molar-refractivity contribution in [2.75, 3.05) is 0 Å². The molecule has 1 aromatic rings. The molecule has 2 heteroatoms. The van der Waals surface area contributed by atoms with E-state index < -0.39 is 0 Å². The molecule has 0 radical (unpaired) electrons. The highest BCUT2D eigenvalue weighted by Gasteiger charge is 2.23. The summed E-state index contributed by atoms with van der Waals surface area (Å²) in [5, 5.41) is 2.09. The zero-order valence-corrected chi connectivity index (χ0v) is 7.75. The molecule has 13 heavy (non-hydrogen) atoms. The molecule has 0 aliphatic carbocycles. The highest BCUT2D eigenvalue weighted by Crippen LogP contribution is 2.38. The number of hydrogen-bond donors (Lipinski definition) is 0. The van der Waals surface area contributed by atoms with E-state index in [0.717, 1.165) is 5.75 Å². The summed E-state index contributed by atoms with van der Waals surface area (Å²) in [6.45, 7) is 0. The van der Waals surface area contributed by atoms with Crippen LogP contribution < -0.4 is 4.74 Å². The van der Waals surface area contributed by atoms with E-state index in [1.165, 1.54) is 11.1 Å². The van der Waals surface area contributed by atoms with E-state index in [1.807, 2.05) is 18.2 Å². The van der Waals surface area contributed by atoms with Gasteiger partial charge in [0.1, 0.15) is 5.75 Å². The third kappa shape index (κ3) is 1.10. The van der Waals surface area contributed by atoms with Crippen LogP contribution in [-0.2, 0) is 0 Å². The SMILES string of the molecule is C1=CC2=Cc3ccccc3OC2S1. The van der Waals surface area contributed by atoms with Crippen LogP contribution in [0, 0.1) is 0 Å². The fourth-order valence-corrected chi connectivity index (χ4v) is 2.40. The maximum atomic E-state index is 5.79. The Kier molecular flexibility index (Phi) is 1.49. The van der Waals surface area contributed by atoms with Crippen molar-refractivity contribution in [3.63, 3.8) is 0 Å². The molecule has 0 amide bonds. The van der Waals surface area contributed by atoms with Crippen molar-refractivity contribution in [1.82, 2.24) is 0 Å². The fourth-order valence-electron chi connectivity index (χ4n) is 1.56. The summed E-state index contributed by atoms with van der Waals surface area (Å²) >= 11 is 1.72. The summed E-state index contributed by atoms with van der Waals surface area (Å²) in [6.07, 6.45) is 4.31. The molecule has 0 bridgehead atoms. The molecule has 0 N–H and O–H groups in total. The molecule has 1 aromatic carbocycles. The normalized spacial score (nSPS) is 23.1. The van der Waals surface area contributed by atoms with Crippen molar-refractivity contribution >= 4 is 17.8 Å². The number of ether oxygens (including phenoxy) is 1. The van der Waals surface area contributed by atoms with E-state index in [1.54, 1.807) is 11.8 Å². The van der Waals surface area contributed by atoms with Crippen LogP contribution in [0.3, 0.4) is 0 Å². The molecule has 0 saturated heterocycles. The predicted molar refractivity (Wildman–Crippen MR) is 55.6 cm³/mol. The maximum Gasteiger partial charge on any atom is 0.173 e. The average Bonchev–Trinajstić information content (AvgIpc) is 2.61. The molecule has 1 atom stereocenters. The number of benzene rings is 1. The third-order valence-electron chi connectivity index (χ3n) is 2.21. The van der Waals surface area contributed by atoms with Gasteiger partial charge in [-0.05, 0) is 23.6 Å². The number of fused-ring (bicyclic) bond motifs is 2. The Balaban J connectivity index is 2.14. The van der Waals surface area contributed by atoms with E-state index in [9.17, 15) is 0 Å². The van der Waals surface area contributed by atoms with Crippen LogP contribution in [0.2, 0.25) is 0 Å². The summed E-state index contributed by atoms with van der Waals surface area (Å²) in [6, 6.07) is 8.13. The maximum absolute atomic E-state index is 5.79. The Morgan fingerprint density at radius 2 is 2.15 bits per heavy atom. The lowest BCUT2D eigenvalue weighted by atomic mass is 10.1. The van der Waals surface area contributed by atoms with Gasteiger partial charge in [-0.3, -0.25) is 0 Å². The highest BCUT2D eigenvalue weighted by molar-refractivity contribution is 8.03. The van der Waals surface area contributed by atoms with Gasteiger partial charge >= 0.3 is 0 Å². The first-order valence-electron chi connectivity index (χ1n) is 4.23. The van der Waals surface area contributed by atoms with Gasteiger partial charge in [0.2, 0.25) is 0 Å². The minimum absolute atomic E-state index is 0.190. The quantitative estimate of drug-likeness (QED) is 0.619. The zero-order chi connectivity index (χ0) is 8.67. The van der Waals surface area contributed by atoms with Crippen LogP contribution in [0.4, 0.5) is 0 Å². The van der Waals surface area contributed by atoms with Crippen LogP contribution >= 0.6 is 11.8 Å². The van der Waals surface area contributed by atoms with Crippen molar-refractivity contribution in [3.8, 4) is 5.75 Å². The summed E-state index contributed by atoms with van der Waals surface area (Å²) in [4.78, 5) is 0. The molecule has 64 valence electrons. The lowest BCUT2D eigenvalue weighted by Crippen LogP contribution is -2.14. The topological polar surface area (TPSA) is 9.23 Å². The minimum atomic E-state index is 0.190. The summed E-state index contributed by atoms with van der Waals surface area (Å²) in [5.41, 5.74) is 2.64. The summed E-state index contributed by atoms with van der Waals surface area (Å²) in [7, 11) is 0. The first kappa shape index (κ1) is 7.27. The Labute approximate surface area is 81.1 Å². The van der Waals surface area contributed by atoms with Gasteiger partial charge in [-0.15, -0.1) is 0 Å². The molecule has 2 aliphatic heterocycles. The Hall–Kier alpha value is -1.15. The molecule has 2 heterocycles. The molecule has 2 aliphatic rings. The third-order valence-corrected chi connectivity index (χ3v) is 3.12. The number of hydrogen-bond acceptors (Lipinski definition) is 2. The molecular weight excluding hydrogens is 180 g/mol. The summed E-state index contributed by atoms with van der Waals surface area (Å²) in [5.74, 6) is 0.993. The number of thioether (sulfide) groups is 1. The Bertz CT molecular complexity index is 406. The standard InChI is InChI=1S/C11H8OS/c1-2-4-10-8(3-1)7-9-5-6-13-11(9)12-10/h1-7,11H. The molecule has 1 nitrogen and oxygen atoms in total. The second kappa shape index (κ2) is 2.67. The van der Waals surface area contributed by atoms with Gasteiger partial charge in [-0.2, -0.15) is 0 Å². The predicted octanol–water partition coefficient (Wildman–Crippen LogP) is 3.05. The number of rotatable bonds is 0. The van der Waals surface area contributed by atoms with Crippen molar-refractivity contribution in [2.45, 2.75) is 5.44 Å². The van der Waals surface area contributed by atoms with Gasteiger partial charge in [-0.1, -0.05) is 30.0 Å². The number of para-hydroxylation sites is 1. The first-order chi connectivity index (χ1) is 6.43. The van der Waals surface area contributed by atoms with Gasteiger partial charge < -0.3 is 4.74 Å². The molecule has 0 spiro atoms. The van der Waals surface area contributed by atoms with Crippen LogP contribution in [0.1, 0.15) is 5.56 Å². The smallest absolute Gasteiger partial charge is 0.173 e.